The molecule has 5 aliphatic carbocycles. The number of hydrogen-bond acceptors (Lipinski definition) is 21. The highest BCUT2D eigenvalue weighted by Gasteiger charge is 2.79. The van der Waals surface area contributed by atoms with Gasteiger partial charge in [-0.05, 0) is 86.4 Å². The van der Waals surface area contributed by atoms with E-state index in [1.54, 1.807) is 0 Å². The molecule has 408 valence electrons. The Morgan fingerprint density at radius 1 is 0.648 bits per heavy atom. The molecule has 27 atom stereocenters. The van der Waals surface area contributed by atoms with Crippen molar-refractivity contribution in [3.8, 4) is 0 Å². The second-order valence-electron chi connectivity index (χ2n) is 24.1. The van der Waals surface area contributed by atoms with Gasteiger partial charge in [-0.1, -0.05) is 46.8 Å². The van der Waals surface area contributed by atoms with Crippen molar-refractivity contribution >= 4 is 10.4 Å². The fourth-order valence-electron chi connectivity index (χ4n) is 16.1. The van der Waals surface area contributed by atoms with Crippen LogP contribution in [0.3, 0.4) is 0 Å². The lowest BCUT2D eigenvalue weighted by Crippen LogP contribution is -2.73. The first-order valence-corrected chi connectivity index (χ1v) is 26.7. The molecule has 4 saturated carbocycles. The topological polar surface area (TPSA) is 351 Å². The summed E-state index contributed by atoms with van der Waals surface area (Å²) in [6, 6.07) is 0. The van der Waals surface area contributed by atoms with Crippen LogP contribution in [0.4, 0.5) is 0 Å². The van der Waals surface area contributed by atoms with Crippen LogP contribution in [0.1, 0.15) is 92.9 Å². The molecule has 0 unspecified atom stereocenters. The van der Waals surface area contributed by atoms with Crippen LogP contribution in [0.5, 0.6) is 0 Å². The summed E-state index contributed by atoms with van der Waals surface area (Å²) in [6.07, 6.45) is -18.3. The summed E-state index contributed by atoms with van der Waals surface area (Å²) in [7, 11) is -5.24. The summed E-state index contributed by atoms with van der Waals surface area (Å²) in [4.78, 5) is 0. The zero-order chi connectivity index (χ0) is 51.8. The van der Waals surface area contributed by atoms with Gasteiger partial charge in [0.15, 0.2) is 18.9 Å². The molecule has 23 heteroatoms. The maximum atomic E-state index is 12.3. The van der Waals surface area contributed by atoms with Gasteiger partial charge in [-0.15, -0.1) is 0 Å². The zero-order valence-electron chi connectivity index (χ0n) is 41.3. The van der Waals surface area contributed by atoms with E-state index in [2.05, 4.69) is 44.0 Å². The summed E-state index contributed by atoms with van der Waals surface area (Å²) in [5, 5.41) is 121. The third-order valence-electron chi connectivity index (χ3n) is 20.5. The number of allylic oxidation sites excluding steroid dienone is 1. The Balaban J connectivity index is 1.03. The molecule has 2 bridgehead atoms. The maximum absolute atomic E-state index is 12.3. The first-order chi connectivity index (χ1) is 33.2. The van der Waals surface area contributed by atoms with Crippen molar-refractivity contribution in [2.75, 3.05) is 33.0 Å². The molecule has 22 nitrogen and oxygen atoms in total. The van der Waals surface area contributed by atoms with E-state index in [4.69, 9.17) is 33.2 Å². The molecular formula is C48H78O22S. The second-order valence-corrected chi connectivity index (χ2v) is 25.1. The molecule has 9 rings (SSSR count). The molecule has 12 N–H and O–H groups in total. The molecule has 1 spiro atoms. The molecule has 71 heavy (non-hydrogen) atoms. The van der Waals surface area contributed by atoms with Gasteiger partial charge in [0.25, 0.3) is 0 Å². The van der Waals surface area contributed by atoms with Gasteiger partial charge >= 0.3 is 10.4 Å². The van der Waals surface area contributed by atoms with Crippen LogP contribution in [0, 0.1) is 50.2 Å². The van der Waals surface area contributed by atoms with Gasteiger partial charge in [0, 0.05) is 28.8 Å². The summed E-state index contributed by atoms with van der Waals surface area (Å²) in [5.41, 5.74) is -3.63. The van der Waals surface area contributed by atoms with Gasteiger partial charge in [0.05, 0.1) is 50.3 Å². The standard InChI is InChI=1S/C48H78O22S/c1-22-30(54)37(68-40-35(59)33(57)36(24(18-50)66-40)70-71(60,61)62)38(69-39-34(58)32(56)31(55)23(17-49)65-39)41(64-22)67-29-9-10-43(3)25(44(29,4)20-52)7-11-45(5)26(43)8-12-48-27-15-42(2,19-51)13-14-47(27,21-63-48)28(53)16-46(45,48)6/h8,12,22-41,49-59H,7,9-11,13-21H2,1-6H3,(H,60,61,62)/t22-,23-,24-,25+,26+,27-,28+,29+,30+,31-,32+,33-,34-,35-,36-,37+,38-,39+,40+,41+,42-,43+,44+,45-,46+,47-,48+/m1/s1. The fraction of sp³-hybridized carbons (Fsp3) is 0.958. The van der Waals surface area contributed by atoms with Crippen molar-refractivity contribution in [3.05, 3.63) is 12.2 Å². The Bertz CT molecular complexity index is 2080. The SMILES string of the molecule is C[C@H]1O[C@@H](O[C@H]2CC[C@@]3(C)[C@H](CC[C@]4(C)[C@H]3C=C[C@]35OC[C@@]6(CC[C@@](C)(CO)C[C@H]63)[C@@H](O)C[C@]54C)[C@]2(C)CO)[C@H](O[C@@H]2O[C@H](CO)[C@@H](O)[C@H](O)[C@H]2O)[C@@H](O[C@@H]2O[C@H](CO)[C@@H](OS(=O)(=O)O)[C@H](O)[C@H]2O)[C@H]1O. The van der Waals surface area contributed by atoms with Crippen LogP contribution in [0.15, 0.2) is 12.2 Å². The van der Waals surface area contributed by atoms with Crippen molar-refractivity contribution in [1.29, 1.82) is 0 Å². The minimum absolute atomic E-state index is 0.00790. The smallest absolute Gasteiger partial charge is 0.396 e. The molecule has 4 heterocycles. The number of fused-ring (bicyclic) bond motifs is 4. The molecule has 4 saturated heterocycles. The van der Waals surface area contributed by atoms with E-state index < -0.39 is 155 Å². The number of aliphatic hydroxyl groups is 11. The fourth-order valence-corrected chi connectivity index (χ4v) is 16.6. The highest BCUT2D eigenvalue weighted by atomic mass is 32.3. The molecular weight excluding hydrogens is 961 g/mol. The van der Waals surface area contributed by atoms with Crippen LogP contribution in [-0.2, 0) is 47.7 Å². The van der Waals surface area contributed by atoms with Crippen LogP contribution in [-0.4, -0.2) is 212 Å². The first-order valence-electron chi connectivity index (χ1n) is 25.3. The number of rotatable bonds is 12. The van der Waals surface area contributed by atoms with E-state index in [-0.39, 0.29) is 41.8 Å². The largest absolute Gasteiger partial charge is 0.397 e. The quantitative estimate of drug-likeness (QED) is 0.0595. The lowest BCUT2D eigenvalue weighted by atomic mass is 9.32. The second kappa shape index (κ2) is 18.8. The van der Waals surface area contributed by atoms with Gasteiger partial charge < -0.3 is 89.3 Å². The monoisotopic (exact) mass is 1040 g/mol. The van der Waals surface area contributed by atoms with Gasteiger partial charge in [-0.3, -0.25) is 4.55 Å². The Hall–Kier alpha value is -1.11. The minimum atomic E-state index is -5.24. The van der Waals surface area contributed by atoms with E-state index in [0.29, 0.717) is 32.3 Å². The third kappa shape index (κ3) is 8.20. The van der Waals surface area contributed by atoms with Crippen molar-refractivity contribution in [1.82, 2.24) is 0 Å². The van der Waals surface area contributed by atoms with Crippen molar-refractivity contribution in [2.24, 2.45) is 50.2 Å². The number of ether oxygens (including phenoxy) is 7. The normalized spacial score (nSPS) is 57.0. The highest BCUT2D eigenvalue weighted by molar-refractivity contribution is 7.80. The minimum Gasteiger partial charge on any atom is -0.396 e. The summed E-state index contributed by atoms with van der Waals surface area (Å²) < 4.78 is 81.3. The third-order valence-corrected chi connectivity index (χ3v) is 21.0. The van der Waals surface area contributed by atoms with Crippen LogP contribution >= 0.6 is 0 Å². The average molecular weight is 1040 g/mol. The summed E-state index contributed by atoms with van der Waals surface area (Å²) >= 11 is 0. The van der Waals surface area contributed by atoms with Crippen LogP contribution in [0.25, 0.3) is 0 Å². The molecule has 9 aliphatic rings. The highest BCUT2D eigenvalue weighted by Crippen LogP contribution is 2.79. The lowest BCUT2D eigenvalue weighted by molar-refractivity contribution is -0.397. The van der Waals surface area contributed by atoms with E-state index in [1.165, 1.54) is 6.92 Å². The Kier molecular flexibility index (Phi) is 14.5. The molecule has 8 fully saturated rings. The van der Waals surface area contributed by atoms with Gasteiger partial charge in [0.1, 0.15) is 67.1 Å². The van der Waals surface area contributed by atoms with E-state index >= 15 is 0 Å². The lowest BCUT2D eigenvalue weighted by Gasteiger charge is -2.73. The summed E-state index contributed by atoms with van der Waals surface area (Å²) in [5.74, 6) is -0.197. The molecule has 0 amide bonds. The van der Waals surface area contributed by atoms with E-state index in [0.717, 1.165) is 25.7 Å². The Labute approximate surface area is 414 Å². The predicted octanol–water partition coefficient (Wildman–Crippen LogP) is -1.60. The predicted molar refractivity (Wildman–Crippen MR) is 241 cm³/mol. The molecule has 0 aromatic rings. The average Bonchev–Trinajstić information content (AvgIpc) is 3.60. The van der Waals surface area contributed by atoms with Gasteiger partial charge in [-0.2, -0.15) is 8.42 Å². The van der Waals surface area contributed by atoms with Crippen LogP contribution < -0.4 is 0 Å². The first kappa shape index (κ1) is 54.7. The number of hydrogen-bond donors (Lipinski definition) is 12. The van der Waals surface area contributed by atoms with Crippen molar-refractivity contribution in [2.45, 2.75) is 203 Å². The molecule has 0 aromatic heterocycles. The zero-order valence-corrected chi connectivity index (χ0v) is 42.1. The Morgan fingerprint density at radius 2 is 1.30 bits per heavy atom. The van der Waals surface area contributed by atoms with E-state index in [9.17, 15) is 69.1 Å². The molecule has 0 aromatic carbocycles. The molecule has 0 radical (unpaired) electrons. The Morgan fingerprint density at radius 3 is 1.93 bits per heavy atom. The van der Waals surface area contributed by atoms with Gasteiger partial charge in [-0.25, -0.2) is 4.18 Å². The van der Waals surface area contributed by atoms with Crippen molar-refractivity contribution in [3.63, 3.8) is 0 Å². The number of aliphatic hydroxyl groups excluding tert-OH is 11. The van der Waals surface area contributed by atoms with E-state index in [1.807, 2.05) is 6.92 Å². The maximum Gasteiger partial charge on any atom is 0.397 e. The van der Waals surface area contributed by atoms with Crippen LogP contribution in [0.2, 0.25) is 0 Å². The van der Waals surface area contributed by atoms with Gasteiger partial charge in [0.2, 0.25) is 0 Å². The summed E-state index contributed by atoms with van der Waals surface area (Å²) in [6.45, 7) is 10.8. The molecule has 4 aliphatic heterocycles. The van der Waals surface area contributed by atoms with Crippen molar-refractivity contribution < 1.29 is 106 Å².